The Kier molecular flexibility index (Phi) is 5.87. The van der Waals surface area contributed by atoms with E-state index in [4.69, 9.17) is 9.47 Å². The molecule has 0 radical (unpaired) electrons. The number of carbonyl (C=O) groups excluding carboxylic acids is 1. The molecule has 7 nitrogen and oxygen atoms in total. The molecule has 1 saturated heterocycles. The number of azo groups is 1. The summed E-state index contributed by atoms with van der Waals surface area (Å²) in [6.45, 7) is 3.32. The molecule has 1 aromatic heterocycles. The van der Waals surface area contributed by atoms with Crippen LogP contribution in [-0.4, -0.2) is 38.2 Å². The van der Waals surface area contributed by atoms with Crippen LogP contribution >= 0.6 is 11.3 Å². The van der Waals surface area contributed by atoms with Gasteiger partial charge in [-0.05, 0) is 66.1 Å². The van der Waals surface area contributed by atoms with Crippen molar-refractivity contribution in [1.82, 2.24) is 0 Å². The van der Waals surface area contributed by atoms with Gasteiger partial charge in [0.2, 0.25) is 5.90 Å². The molecule has 2 aliphatic heterocycles. The number of anilines is 1. The number of carbonyl (C=O) groups is 1. The van der Waals surface area contributed by atoms with Crippen LogP contribution in [0.2, 0.25) is 0 Å². The third kappa shape index (κ3) is 4.66. The van der Waals surface area contributed by atoms with Gasteiger partial charge in [0.15, 0.2) is 5.70 Å². The molecule has 0 spiro atoms. The molecular weight excluding hydrogens is 424 g/mol. The van der Waals surface area contributed by atoms with Crippen molar-refractivity contribution < 1.29 is 14.3 Å². The Morgan fingerprint density at radius 3 is 2.28 bits per heavy atom. The maximum absolute atomic E-state index is 12.1. The van der Waals surface area contributed by atoms with Crippen molar-refractivity contribution in [2.24, 2.45) is 15.2 Å². The quantitative estimate of drug-likeness (QED) is 0.302. The summed E-state index contributed by atoms with van der Waals surface area (Å²) in [5.74, 6) is -0.155. The summed E-state index contributed by atoms with van der Waals surface area (Å²) in [6, 6.07) is 19.1. The summed E-state index contributed by atoms with van der Waals surface area (Å²) >= 11 is 1.54. The highest BCUT2D eigenvalue weighted by Crippen LogP contribution is 2.25. The molecule has 2 aliphatic rings. The lowest BCUT2D eigenvalue weighted by molar-refractivity contribution is -0.129. The van der Waals surface area contributed by atoms with E-state index in [1.165, 1.54) is 11.3 Å². The number of hydrogen-bond donors (Lipinski definition) is 0. The molecule has 0 aliphatic carbocycles. The van der Waals surface area contributed by atoms with Gasteiger partial charge in [-0.2, -0.15) is 10.2 Å². The first-order valence-electron chi connectivity index (χ1n) is 10.3. The Hall–Kier alpha value is -3.62. The minimum atomic E-state index is -0.447. The molecule has 0 bridgehead atoms. The highest BCUT2D eigenvalue weighted by Gasteiger charge is 2.24. The van der Waals surface area contributed by atoms with Crippen molar-refractivity contribution in [1.29, 1.82) is 0 Å². The summed E-state index contributed by atoms with van der Waals surface area (Å²) < 4.78 is 10.7. The summed E-state index contributed by atoms with van der Waals surface area (Å²) in [5, 5.41) is 10.6. The number of morpholine rings is 1. The topological polar surface area (TPSA) is 75.8 Å². The number of thiophene rings is 1. The van der Waals surface area contributed by atoms with E-state index in [0.717, 1.165) is 42.6 Å². The number of nitrogens with zero attached hydrogens (tertiary/aromatic N) is 4. The lowest BCUT2D eigenvalue weighted by atomic mass is 10.2. The first kappa shape index (κ1) is 20.3. The fourth-order valence-corrected chi connectivity index (χ4v) is 4.03. The van der Waals surface area contributed by atoms with Gasteiger partial charge in [0, 0.05) is 29.2 Å². The zero-order valence-corrected chi connectivity index (χ0v) is 18.0. The van der Waals surface area contributed by atoms with E-state index in [-0.39, 0.29) is 0 Å². The highest BCUT2D eigenvalue weighted by molar-refractivity contribution is 7.10. The predicted molar refractivity (Wildman–Crippen MR) is 125 cm³/mol. The van der Waals surface area contributed by atoms with Gasteiger partial charge in [0.25, 0.3) is 0 Å². The molecule has 0 amide bonds. The molecule has 8 heteroatoms. The summed E-state index contributed by atoms with van der Waals surface area (Å²) in [7, 11) is 0. The van der Waals surface area contributed by atoms with Crippen LogP contribution in [0.1, 0.15) is 10.4 Å². The van der Waals surface area contributed by atoms with E-state index < -0.39 is 5.97 Å². The molecule has 2 aromatic carbocycles. The largest absolute Gasteiger partial charge is 0.402 e. The van der Waals surface area contributed by atoms with Crippen LogP contribution in [0.4, 0.5) is 17.1 Å². The SMILES string of the molecule is O=C1OC(c2ccc(N=Nc3ccc(N4CCOCC4)cc3)cc2)=N/C1=C/c1cccs1. The normalized spacial score (nSPS) is 17.8. The fourth-order valence-electron chi connectivity index (χ4n) is 3.38. The minimum Gasteiger partial charge on any atom is -0.402 e. The maximum Gasteiger partial charge on any atom is 0.363 e. The molecule has 5 rings (SSSR count). The van der Waals surface area contributed by atoms with Crippen LogP contribution in [0.15, 0.2) is 87.0 Å². The van der Waals surface area contributed by atoms with E-state index in [2.05, 4.69) is 32.3 Å². The summed E-state index contributed by atoms with van der Waals surface area (Å²) in [4.78, 5) is 19.7. The Bertz CT molecular complexity index is 1180. The van der Waals surface area contributed by atoms with Crippen molar-refractivity contribution in [2.75, 3.05) is 31.2 Å². The Balaban J connectivity index is 1.25. The van der Waals surface area contributed by atoms with Crippen LogP contribution in [0.5, 0.6) is 0 Å². The second-order valence-electron chi connectivity index (χ2n) is 7.21. The second-order valence-corrected chi connectivity index (χ2v) is 8.19. The van der Waals surface area contributed by atoms with E-state index in [9.17, 15) is 4.79 Å². The number of cyclic esters (lactones) is 1. The first-order valence-corrected chi connectivity index (χ1v) is 11.1. The smallest absolute Gasteiger partial charge is 0.363 e. The number of benzene rings is 2. The number of ether oxygens (including phenoxy) is 2. The van der Waals surface area contributed by atoms with Gasteiger partial charge in [-0.15, -0.1) is 11.3 Å². The molecule has 3 aromatic rings. The number of rotatable bonds is 5. The minimum absolute atomic E-state index is 0.292. The zero-order valence-electron chi connectivity index (χ0n) is 17.2. The van der Waals surface area contributed by atoms with Gasteiger partial charge in [-0.25, -0.2) is 9.79 Å². The molecule has 0 atom stereocenters. The van der Waals surface area contributed by atoms with Gasteiger partial charge < -0.3 is 14.4 Å². The van der Waals surface area contributed by atoms with Crippen LogP contribution in [0.25, 0.3) is 6.08 Å². The van der Waals surface area contributed by atoms with Crippen molar-refractivity contribution in [2.45, 2.75) is 0 Å². The first-order chi connectivity index (χ1) is 15.7. The molecule has 0 N–H and O–H groups in total. The number of hydrogen-bond acceptors (Lipinski definition) is 8. The Morgan fingerprint density at radius 1 is 0.938 bits per heavy atom. The maximum atomic E-state index is 12.1. The van der Waals surface area contributed by atoms with Gasteiger partial charge in [0.05, 0.1) is 24.6 Å². The van der Waals surface area contributed by atoms with Crippen molar-refractivity contribution >= 4 is 46.3 Å². The molecule has 1 fully saturated rings. The third-order valence-electron chi connectivity index (χ3n) is 5.06. The average molecular weight is 445 g/mol. The Labute approximate surface area is 189 Å². The van der Waals surface area contributed by atoms with E-state index in [1.54, 1.807) is 6.08 Å². The lowest BCUT2D eigenvalue weighted by Crippen LogP contribution is -2.36. The predicted octanol–water partition coefficient (Wildman–Crippen LogP) is 5.34. The van der Waals surface area contributed by atoms with Crippen LogP contribution in [-0.2, 0) is 14.3 Å². The van der Waals surface area contributed by atoms with Gasteiger partial charge in [-0.1, -0.05) is 6.07 Å². The van der Waals surface area contributed by atoms with Crippen LogP contribution in [0.3, 0.4) is 0 Å². The lowest BCUT2D eigenvalue weighted by Gasteiger charge is -2.28. The summed E-state index contributed by atoms with van der Waals surface area (Å²) in [5.41, 5.74) is 3.65. The molecule has 160 valence electrons. The van der Waals surface area contributed by atoms with E-state index >= 15 is 0 Å². The van der Waals surface area contributed by atoms with Crippen LogP contribution in [0, 0.1) is 0 Å². The fraction of sp³-hybridized carbons (Fsp3) is 0.167. The molecule has 3 heterocycles. The van der Waals surface area contributed by atoms with Crippen molar-refractivity contribution in [3.63, 3.8) is 0 Å². The second kappa shape index (κ2) is 9.25. The van der Waals surface area contributed by atoms with Crippen molar-refractivity contribution in [3.8, 4) is 0 Å². The number of aliphatic imine (C=N–C) groups is 1. The summed E-state index contributed by atoms with van der Waals surface area (Å²) in [6.07, 6.45) is 1.73. The molecular formula is C24H20N4O3S. The zero-order chi connectivity index (χ0) is 21.8. The molecule has 0 unspecified atom stereocenters. The molecule has 32 heavy (non-hydrogen) atoms. The van der Waals surface area contributed by atoms with Gasteiger partial charge in [0.1, 0.15) is 0 Å². The van der Waals surface area contributed by atoms with E-state index in [0.29, 0.717) is 22.8 Å². The molecule has 0 saturated carbocycles. The third-order valence-corrected chi connectivity index (χ3v) is 5.88. The standard InChI is InChI=1S/C24H20N4O3S/c29-24-22(16-21-2-1-15-32-21)25-23(31-24)17-3-5-18(6-4-17)26-27-19-7-9-20(10-8-19)28-11-13-30-14-12-28/h1-10,15-16H,11-14H2/b22-16+,27-26?. The van der Waals surface area contributed by atoms with Crippen LogP contribution < -0.4 is 4.90 Å². The monoisotopic (exact) mass is 444 g/mol. The average Bonchev–Trinajstić information content (AvgIpc) is 3.49. The van der Waals surface area contributed by atoms with Gasteiger partial charge in [-0.3, -0.25) is 0 Å². The van der Waals surface area contributed by atoms with Gasteiger partial charge >= 0.3 is 5.97 Å². The van der Waals surface area contributed by atoms with E-state index in [1.807, 2.05) is 53.9 Å². The van der Waals surface area contributed by atoms with Crippen molar-refractivity contribution in [3.05, 3.63) is 82.2 Å². The highest BCUT2D eigenvalue weighted by atomic mass is 32.1. The Morgan fingerprint density at radius 2 is 1.62 bits per heavy atom. The number of esters is 1.